The second-order valence-electron chi connectivity index (χ2n) is 11.5. The number of H-pyrrole nitrogens is 1. The van der Waals surface area contributed by atoms with E-state index in [2.05, 4.69) is 20.9 Å². The van der Waals surface area contributed by atoms with Crippen molar-refractivity contribution in [1.29, 1.82) is 0 Å². The quantitative estimate of drug-likeness (QED) is 0.105. The van der Waals surface area contributed by atoms with Gasteiger partial charge in [0.15, 0.2) is 0 Å². The molecule has 0 aliphatic carbocycles. The normalized spacial score (nSPS) is 14.0. The lowest BCUT2D eigenvalue weighted by molar-refractivity contribution is -0.142. The number of nitrogens with one attached hydrogen (secondary N) is 4. The molecule has 3 rings (SSSR count). The molecule has 0 bridgehead atoms. The number of aromatic hydroxyl groups is 1. The number of aliphatic carboxylic acids is 1. The van der Waals surface area contributed by atoms with Crippen molar-refractivity contribution in [2.45, 2.75) is 76.5 Å². The lowest BCUT2D eigenvalue weighted by Crippen LogP contribution is -2.57. The Morgan fingerprint density at radius 1 is 0.841 bits per heavy atom. The fourth-order valence-corrected chi connectivity index (χ4v) is 5.00. The molecule has 0 aliphatic rings. The molecule has 0 aliphatic heterocycles. The molecule has 3 aromatic rings. The molecule has 1 heterocycles. The van der Waals surface area contributed by atoms with Crippen LogP contribution in [-0.2, 0) is 32.0 Å². The number of aromatic nitrogens is 1. The summed E-state index contributed by atoms with van der Waals surface area (Å²) in [6.45, 7) is 4.25. The predicted molar refractivity (Wildman–Crippen MR) is 168 cm³/mol. The molecule has 10 N–H and O–H groups in total. The van der Waals surface area contributed by atoms with Gasteiger partial charge in [0.2, 0.25) is 17.7 Å². The summed E-state index contributed by atoms with van der Waals surface area (Å²) in [6, 6.07) is 9.40. The van der Waals surface area contributed by atoms with Crippen molar-refractivity contribution in [1.82, 2.24) is 20.9 Å². The van der Waals surface area contributed by atoms with Gasteiger partial charge in [-0.15, -0.1) is 0 Å². The number of hydrogen-bond donors (Lipinski definition) is 8. The molecule has 0 spiro atoms. The number of carboxylic acid groups (broad SMARTS) is 1. The molecule has 12 nitrogen and oxygen atoms in total. The molecule has 0 saturated heterocycles. The van der Waals surface area contributed by atoms with Crippen LogP contribution in [0.15, 0.2) is 54.7 Å². The maximum Gasteiger partial charge on any atom is 0.326 e. The van der Waals surface area contributed by atoms with Crippen LogP contribution >= 0.6 is 0 Å². The highest BCUT2D eigenvalue weighted by molar-refractivity contribution is 5.94. The zero-order chi connectivity index (χ0) is 32.2. The van der Waals surface area contributed by atoms with E-state index in [0.29, 0.717) is 31.4 Å². The Morgan fingerprint density at radius 2 is 1.48 bits per heavy atom. The third kappa shape index (κ3) is 10.1. The minimum atomic E-state index is -1.25. The standard InChI is InChI=1S/C32H44N6O6/c1-19(2)15-24(34)29(40)37-27(16-20-10-12-22(39)13-11-20)31(42)36-26(9-5-6-14-33)30(41)38-28(32(43)44)17-21-18-35-25-8-4-3-7-23(21)25/h3-4,7-8,10-13,18-19,24,26-28,35,39H,5-6,9,14-17,33-34H2,1-2H3,(H,36,42)(H,37,40)(H,38,41)(H,43,44). The molecular formula is C32H44N6O6. The second kappa shape index (κ2) is 16.4. The van der Waals surface area contributed by atoms with Gasteiger partial charge in [0.1, 0.15) is 23.9 Å². The summed E-state index contributed by atoms with van der Waals surface area (Å²) < 4.78 is 0. The minimum Gasteiger partial charge on any atom is -0.508 e. The average Bonchev–Trinajstić information content (AvgIpc) is 3.39. The van der Waals surface area contributed by atoms with Gasteiger partial charge in [-0.1, -0.05) is 44.2 Å². The van der Waals surface area contributed by atoms with E-state index in [-0.39, 0.29) is 30.9 Å². The van der Waals surface area contributed by atoms with E-state index in [4.69, 9.17) is 11.5 Å². The van der Waals surface area contributed by atoms with Gasteiger partial charge in [-0.2, -0.15) is 0 Å². The fraction of sp³-hybridized carbons (Fsp3) is 0.438. The van der Waals surface area contributed by atoms with Crippen LogP contribution in [0.3, 0.4) is 0 Å². The molecule has 44 heavy (non-hydrogen) atoms. The van der Waals surface area contributed by atoms with Crippen molar-refractivity contribution < 1.29 is 29.4 Å². The number of aromatic amines is 1. The smallest absolute Gasteiger partial charge is 0.326 e. The third-order valence-electron chi connectivity index (χ3n) is 7.36. The zero-order valence-electron chi connectivity index (χ0n) is 25.2. The van der Waals surface area contributed by atoms with Gasteiger partial charge < -0.3 is 42.6 Å². The van der Waals surface area contributed by atoms with E-state index < -0.39 is 47.9 Å². The number of nitrogens with two attached hydrogens (primary N) is 2. The molecule has 1 aromatic heterocycles. The van der Waals surface area contributed by atoms with E-state index >= 15 is 0 Å². The number of phenolic OH excluding ortho intramolecular Hbond substituents is 1. The van der Waals surface area contributed by atoms with Crippen molar-refractivity contribution in [3.05, 3.63) is 65.9 Å². The van der Waals surface area contributed by atoms with Crippen LogP contribution in [0.2, 0.25) is 0 Å². The van der Waals surface area contributed by atoms with E-state index in [9.17, 15) is 29.4 Å². The predicted octanol–water partition coefficient (Wildman–Crippen LogP) is 1.70. The molecule has 238 valence electrons. The highest BCUT2D eigenvalue weighted by Gasteiger charge is 2.31. The van der Waals surface area contributed by atoms with Crippen molar-refractivity contribution in [2.75, 3.05) is 6.54 Å². The van der Waals surface area contributed by atoms with Crippen molar-refractivity contribution in [2.24, 2.45) is 17.4 Å². The Kier molecular flexibility index (Phi) is 12.7. The molecule has 2 aromatic carbocycles. The first-order valence-corrected chi connectivity index (χ1v) is 14.9. The fourth-order valence-electron chi connectivity index (χ4n) is 5.00. The first kappa shape index (κ1) is 34.1. The Hall–Kier alpha value is -4.42. The van der Waals surface area contributed by atoms with E-state index in [0.717, 1.165) is 16.5 Å². The first-order chi connectivity index (χ1) is 21.0. The number of hydrogen-bond acceptors (Lipinski definition) is 7. The van der Waals surface area contributed by atoms with E-state index in [1.54, 1.807) is 18.3 Å². The number of unbranched alkanes of at least 4 members (excludes halogenated alkanes) is 1. The molecule has 0 radical (unpaired) electrons. The van der Waals surface area contributed by atoms with Gasteiger partial charge >= 0.3 is 5.97 Å². The maximum absolute atomic E-state index is 13.6. The summed E-state index contributed by atoms with van der Waals surface area (Å²) in [6.07, 6.45) is 3.53. The van der Waals surface area contributed by atoms with E-state index in [1.165, 1.54) is 12.1 Å². The van der Waals surface area contributed by atoms with Crippen LogP contribution in [0, 0.1) is 5.92 Å². The molecule has 12 heteroatoms. The summed E-state index contributed by atoms with van der Waals surface area (Å²) in [7, 11) is 0. The molecule has 4 atom stereocenters. The van der Waals surface area contributed by atoms with Gasteiger partial charge in [-0.05, 0) is 67.5 Å². The van der Waals surface area contributed by atoms with E-state index in [1.807, 2.05) is 38.1 Å². The second-order valence-corrected chi connectivity index (χ2v) is 11.5. The maximum atomic E-state index is 13.6. The van der Waals surface area contributed by atoms with Crippen LogP contribution in [0.4, 0.5) is 0 Å². The van der Waals surface area contributed by atoms with Gasteiger partial charge in [-0.3, -0.25) is 14.4 Å². The molecule has 4 unspecified atom stereocenters. The van der Waals surface area contributed by atoms with Gasteiger partial charge in [0, 0.05) is 29.9 Å². The van der Waals surface area contributed by atoms with Gasteiger partial charge in [0.05, 0.1) is 6.04 Å². The Labute approximate surface area is 257 Å². The first-order valence-electron chi connectivity index (χ1n) is 14.9. The van der Waals surface area contributed by atoms with Crippen LogP contribution in [0.25, 0.3) is 10.9 Å². The number of fused-ring (bicyclic) bond motifs is 1. The Morgan fingerprint density at radius 3 is 2.14 bits per heavy atom. The number of carbonyl (C=O) groups excluding carboxylic acids is 3. The molecule has 0 saturated carbocycles. The van der Waals surface area contributed by atoms with Gasteiger partial charge in [0.25, 0.3) is 0 Å². The van der Waals surface area contributed by atoms with Crippen molar-refractivity contribution in [3.8, 4) is 5.75 Å². The number of phenols is 1. The topological polar surface area (TPSA) is 213 Å². The molecule has 3 amide bonds. The van der Waals surface area contributed by atoms with Crippen LogP contribution in [0.1, 0.15) is 50.7 Å². The Bertz CT molecular complexity index is 1410. The van der Waals surface area contributed by atoms with Crippen LogP contribution < -0.4 is 27.4 Å². The summed E-state index contributed by atoms with van der Waals surface area (Å²) in [5.74, 6) is -2.80. The Balaban J connectivity index is 1.79. The van der Waals surface area contributed by atoms with Crippen molar-refractivity contribution in [3.63, 3.8) is 0 Å². The highest BCUT2D eigenvalue weighted by Crippen LogP contribution is 2.19. The lowest BCUT2D eigenvalue weighted by atomic mass is 10.0. The van der Waals surface area contributed by atoms with Gasteiger partial charge in [-0.25, -0.2) is 4.79 Å². The number of carbonyl (C=O) groups is 4. The third-order valence-corrected chi connectivity index (χ3v) is 7.36. The van der Waals surface area contributed by atoms with Crippen LogP contribution in [-0.4, -0.2) is 69.6 Å². The number of benzene rings is 2. The number of rotatable bonds is 17. The number of amides is 3. The monoisotopic (exact) mass is 608 g/mol. The number of para-hydroxylation sites is 1. The summed E-state index contributed by atoms with van der Waals surface area (Å²) >= 11 is 0. The summed E-state index contributed by atoms with van der Waals surface area (Å²) in [4.78, 5) is 55.3. The largest absolute Gasteiger partial charge is 0.508 e. The average molecular weight is 609 g/mol. The summed E-state index contributed by atoms with van der Waals surface area (Å²) in [5.41, 5.74) is 14.0. The number of carboxylic acids is 1. The molecule has 0 fully saturated rings. The minimum absolute atomic E-state index is 0.0296. The zero-order valence-corrected chi connectivity index (χ0v) is 25.2. The summed E-state index contributed by atoms with van der Waals surface area (Å²) in [5, 5.41) is 28.5. The SMILES string of the molecule is CC(C)CC(N)C(=O)NC(Cc1ccc(O)cc1)C(=O)NC(CCCCN)C(=O)NC(Cc1c[nH]c2ccccc12)C(=O)O. The molecular weight excluding hydrogens is 564 g/mol. The van der Waals surface area contributed by atoms with Crippen molar-refractivity contribution >= 4 is 34.6 Å². The van der Waals surface area contributed by atoms with Crippen LogP contribution in [0.5, 0.6) is 5.75 Å². The highest BCUT2D eigenvalue weighted by atomic mass is 16.4. The lowest BCUT2D eigenvalue weighted by Gasteiger charge is -2.25.